The molecule has 0 unspecified atom stereocenters. The van der Waals surface area contributed by atoms with Gasteiger partial charge in [-0.15, -0.1) is 0 Å². The van der Waals surface area contributed by atoms with E-state index in [-0.39, 0.29) is 6.10 Å². The second kappa shape index (κ2) is 6.58. The van der Waals surface area contributed by atoms with E-state index in [1.807, 2.05) is 0 Å². The molecule has 0 aliphatic heterocycles. The van der Waals surface area contributed by atoms with Crippen LogP contribution < -0.4 is 5.32 Å². The molecule has 0 aliphatic carbocycles. The van der Waals surface area contributed by atoms with Crippen molar-refractivity contribution < 1.29 is 9.84 Å². The number of aliphatic hydroxyl groups excluding tert-OH is 1. The van der Waals surface area contributed by atoms with E-state index in [9.17, 15) is 0 Å². The van der Waals surface area contributed by atoms with Crippen molar-refractivity contribution in [2.45, 2.75) is 32.4 Å². The third-order valence-corrected chi connectivity index (χ3v) is 1.47. The summed E-state index contributed by atoms with van der Waals surface area (Å²) in [6, 6.07) is 0.374. The molecule has 2 N–H and O–H groups in total. The van der Waals surface area contributed by atoms with Crippen LogP contribution in [0.3, 0.4) is 0 Å². The number of nitrogens with one attached hydrogen (secondary N) is 1. The maximum Gasteiger partial charge on any atom is 0.0613 e. The Morgan fingerprint density at radius 2 is 2.09 bits per heavy atom. The van der Waals surface area contributed by atoms with E-state index in [0.29, 0.717) is 6.04 Å². The highest BCUT2D eigenvalue weighted by Crippen LogP contribution is 1.88. The molecule has 11 heavy (non-hydrogen) atoms. The first-order valence-corrected chi connectivity index (χ1v) is 4.07. The Balaban J connectivity index is 3.10. The van der Waals surface area contributed by atoms with Gasteiger partial charge >= 0.3 is 0 Å². The Morgan fingerprint density at radius 1 is 1.45 bits per heavy atom. The van der Waals surface area contributed by atoms with E-state index in [2.05, 4.69) is 12.2 Å². The van der Waals surface area contributed by atoms with Gasteiger partial charge in [0.1, 0.15) is 0 Å². The summed E-state index contributed by atoms with van der Waals surface area (Å²) in [6.45, 7) is 5.43. The molecule has 0 aromatic heterocycles. The van der Waals surface area contributed by atoms with Gasteiger partial charge in [0.05, 0.1) is 12.7 Å². The van der Waals surface area contributed by atoms with Gasteiger partial charge in [-0.25, -0.2) is 0 Å². The Kier molecular flexibility index (Phi) is 6.51. The summed E-state index contributed by atoms with van der Waals surface area (Å²) in [5, 5.41) is 12.2. The zero-order valence-corrected chi connectivity index (χ0v) is 7.63. The van der Waals surface area contributed by atoms with Gasteiger partial charge in [0, 0.05) is 13.2 Å². The third-order valence-electron chi connectivity index (χ3n) is 1.47. The summed E-state index contributed by atoms with van der Waals surface area (Å²) in [4.78, 5) is 0. The first-order chi connectivity index (χ1) is 5.16. The lowest BCUT2D eigenvalue weighted by molar-refractivity contribution is 0.160. The van der Waals surface area contributed by atoms with Crippen LogP contribution in [0.2, 0.25) is 0 Å². The Morgan fingerprint density at radius 3 is 2.55 bits per heavy atom. The van der Waals surface area contributed by atoms with Crippen molar-refractivity contribution in [3.8, 4) is 0 Å². The van der Waals surface area contributed by atoms with E-state index in [1.54, 1.807) is 14.0 Å². The van der Waals surface area contributed by atoms with E-state index in [4.69, 9.17) is 9.84 Å². The standard InChI is InChI=1S/C8H19NO2/c1-7(6-11-3)9-5-4-8(2)10/h7-10H,4-6H2,1-3H3/t7-,8+/m0/s1. The van der Waals surface area contributed by atoms with E-state index >= 15 is 0 Å². The molecule has 0 aliphatic rings. The average molecular weight is 161 g/mol. The Bertz CT molecular complexity index is 86.2. The predicted molar refractivity (Wildman–Crippen MR) is 45.6 cm³/mol. The van der Waals surface area contributed by atoms with Crippen LogP contribution in [0.1, 0.15) is 20.3 Å². The van der Waals surface area contributed by atoms with Gasteiger partial charge in [0.25, 0.3) is 0 Å². The van der Waals surface area contributed by atoms with Crippen molar-refractivity contribution in [2.24, 2.45) is 0 Å². The van der Waals surface area contributed by atoms with E-state index < -0.39 is 0 Å². The number of aliphatic hydroxyl groups is 1. The van der Waals surface area contributed by atoms with Crippen LogP contribution in [-0.2, 0) is 4.74 Å². The Labute approximate surface area is 68.8 Å². The molecule has 0 heterocycles. The number of hydrogen-bond donors (Lipinski definition) is 2. The number of methoxy groups -OCH3 is 1. The Hall–Kier alpha value is -0.120. The summed E-state index contributed by atoms with van der Waals surface area (Å²) in [7, 11) is 1.69. The maximum absolute atomic E-state index is 8.92. The van der Waals surface area contributed by atoms with Gasteiger partial charge < -0.3 is 15.2 Å². The van der Waals surface area contributed by atoms with Gasteiger partial charge in [-0.05, 0) is 26.8 Å². The highest BCUT2D eigenvalue weighted by Gasteiger charge is 2.00. The first kappa shape index (κ1) is 10.9. The van der Waals surface area contributed by atoms with Gasteiger partial charge in [0.15, 0.2) is 0 Å². The molecule has 0 saturated heterocycles. The van der Waals surface area contributed by atoms with Crippen molar-refractivity contribution in [3.63, 3.8) is 0 Å². The van der Waals surface area contributed by atoms with Crippen molar-refractivity contribution in [1.82, 2.24) is 5.32 Å². The predicted octanol–water partition coefficient (Wildman–Crippen LogP) is 0.382. The smallest absolute Gasteiger partial charge is 0.0613 e. The molecule has 0 bridgehead atoms. The molecule has 2 atom stereocenters. The molecular formula is C8H19NO2. The van der Waals surface area contributed by atoms with E-state index in [0.717, 1.165) is 19.6 Å². The van der Waals surface area contributed by atoms with Crippen molar-refractivity contribution in [3.05, 3.63) is 0 Å². The number of ether oxygens (including phenoxy) is 1. The molecule has 3 heteroatoms. The average Bonchev–Trinajstić information content (AvgIpc) is 1.87. The summed E-state index contributed by atoms with van der Waals surface area (Å²) < 4.78 is 4.94. The fourth-order valence-corrected chi connectivity index (χ4v) is 0.848. The minimum Gasteiger partial charge on any atom is -0.393 e. The maximum atomic E-state index is 8.92. The normalized spacial score (nSPS) is 16.4. The van der Waals surface area contributed by atoms with Crippen LogP contribution in [0, 0.1) is 0 Å². The molecule has 0 fully saturated rings. The minimum atomic E-state index is -0.211. The van der Waals surface area contributed by atoms with Crippen LogP contribution in [0.15, 0.2) is 0 Å². The summed E-state index contributed by atoms with van der Waals surface area (Å²) >= 11 is 0. The summed E-state index contributed by atoms with van der Waals surface area (Å²) in [6.07, 6.45) is 0.589. The topological polar surface area (TPSA) is 41.5 Å². The van der Waals surface area contributed by atoms with Crippen molar-refractivity contribution >= 4 is 0 Å². The highest BCUT2D eigenvalue weighted by atomic mass is 16.5. The fourth-order valence-electron chi connectivity index (χ4n) is 0.848. The highest BCUT2D eigenvalue weighted by molar-refractivity contribution is 4.59. The van der Waals surface area contributed by atoms with Gasteiger partial charge in [0.2, 0.25) is 0 Å². The second-order valence-corrected chi connectivity index (χ2v) is 2.95. The first-order valence-electron chi connectivity index (χ1n) is 4.07. The third kappa shape index (κ3) is 7.78. The van der Waals surface area contributed by atoms with Crippen LogP contribution in [0.25, 0.3) is 0 Å². The van der Waals surface area contributed by atoms with Crippen molar-refractivity contribution in [2.75, 3.05) is 20.3 Å². The number of rotatable bonds is 6. The van der Waals surface area contributed by atoms with Crippen LogP contribution in [0.5, 0.6) is 0 Å². The molecule has 0 rings (SSSR count). The molecule has 0 aromatic carbocycles. The van der Waals surface area contributed by atoms with Crippen LogP contribution >= 0.6 is 0 Å². The quantitative estimate of drug-likeness (QED) is 0.592. The molecule has 68 valence electrons. The summed E-state index contributed by atoms with van der Waals surface area (Å²) in [5.74, 6) is 0. The van der Waals surface area contributed by atoms with E-state index in [1.165, 1.54) is 0 Å². The number of hydrogen-bond acceptors (Lipinski definition) is 3. The fraction of sp³-hybridized carbons (Fsp3) is 1.00. The van der Waals surface area contributed by atoms with Crippen LogP contribution in [-0.4, -0.2) is 37.5 Å². The molecule has 0 spiro atoms. The molecule has 0 aromatic rings. The molecular weight excluding hydrogens is 142 g/mol. The monoisotopic (exact) mass is 161 g/mol. The second-order valence-electron chi connectivity index (χ2n) is 2.95. The van der Waals surface area contributed by atoms with Gasteiger partial charge in [-0.1, -0.05) is 0 Å². The zero-order valence-electron chi connectivity index (χ0n) is 7.63. The largest absolute Gasteiger partial charge is 0.393 e. The molecule has 0 saturated carbocycles. The lowest BCUT2D eigenvalue weighted by Gasteiger charge is -2.12. The van der Waals surface area contributed by atoms with Crippen LogP contribution in [0.4, 0.5) is 0 Å². The minimum absolute atomic E-state index is 0.211. The van der Waals surface area contributed by atoms with Gasteiger partial charge in [-0.2, -0.15) is 0 Å². The van der Waals surface area contributed by atoms with Crippen molar-refractivity contribution in [1.29, 1.82) is 0 Å². The summed E-state index contributed by atoms with van der Waals surface area (Å²) in [5.41, 5.74) is 0. The molecule has 0 radical (unpaired) electrons. The zero-order chi connectivity index (χ0) is 8.69. The lowest BCUT2D eigenvalue weighted by Crippen LogP contribution is -2.32. The van der Waals surface area contributed by atoms with Gasteiger partial charge in [-0.3, -0.25) is 0 Å². The SMILES string of the molecule is COC[C@H](C)NCC[C@@H](C)O. The lowest BCUT2D eigenvalue weighted by atomic mass is 10.2. The molecule has 0 amide bonds. The molecule has 3 nitrogen and oxygen atoms in total.